The van der Waals surface area contributed by atoms with E-state index in [-0.39, 0.29) is 18.3 Å². The molecule has 0 radical (unpaired) electrons. The van der Waals surface area contributed by atoms with Gasteiger partial charge >= 0.3 is 5.97 Å². The average Bonchev–Trinajstić information content (AvgIpc) is 2.49. The minimum absolute atomic E-state index is 0.214. The van der Waals surface area contributed by atoms with Crippen LogP contribution in [0, 0.1) is 11.7 Å². The molecule has 114 valence electrons. The first-order chi connectivity index (χ1) is 9.97. The van der Waals surface area contributed by atoms with Crippen LogP contribution in [0.25, 0.3) is 0 Å². The summed E-state index contributed by atoms with van der Waals surface area (Å²) < 4.78 is 18.3. The number of aliphatic carboxylic acids is 1. The average molecular weight is 295 g/mol. The lowest BCUT2D eigenvalue weighted by atomic mass is 9.98. The Morgan fingerprint density at radius 3 is 2.67 bits per heavy atom. The third kappa shape index (κ3) is 3.93. The van der Waals surface area contributed by atoms with Gasteiger partial charge in [-0.15, -0.1) is 0 Å². The molecule has 6 heteroatoms. The van der Waals surface area contributed by atoms with Gasteiger partial charge in [-0.1, -0.05) is 0 Å². The minimum atomic E-state index is -0.875. The SMILES string of the molecule is C[C@@H](Oc1ccc(F)cc1)C(=O)N1CCC[C@@H](C(=O)O)C1. The Morgan fingerprint density at radius 2 is 2.05 bits per heavy atom. The van der Waals surface area contributed by atoms with Crippen LogP contribution >= 0.6 is 0 Å². The Hall–Kier alpha value is -2.11. The second-order valence-corrected chi connectivity index (χ2v) is 5.18. The fourth-order valence-corrected chi connectivity index (χ4v) is 2.40. The minimum Gasteiger partial charge on any atom is -0.481 e. The predicted octanol–water partition coefficient (Wildman–Crippen LogP) is 1.92. The van der Waals surface area contributed by atoms with E-state index in [0.29, 0.717) is 25.1 Å². The summed E-state index contributed by atoms with van der Waals surface area (Å²) in [5, 5.41) is 9.03. The Balaban J connectivity index is 1.95. The number of benzene rings is 1. The van der Waals surface area contributed by atoms with E-state index >= 15 is 0 Å². The summed E-state index contributed by atoms with van der Waals surface area (Å²) in [4.78, 5) is 24.8. The molecule has 1 fully saturated rings. The number of carbonyl (C=O) groups is 2. The van der Waals surface area contributed by atoms with Crippen LogP contribution in [0.4, 0.5) is 4.39 Å². The molecular formula is C15H18FNO4. The van der Waals surface area contributed by atoms with E-state index in [1.54, 1.807) is 6.92 Å². The van der Waals surface area contributed by atoms with Crippen LogP contribution in [0.2, 0.25) is 0 Å². The molecule has 21 heavy (non-hydrogen) atoms. The van der Waals surface area contributed by atoms with Crippen LogP contribution in [-0.4, -0.2) is 41.1 Å². The number of carboxylic acid groups (broad SMARTS) is 1. The molecule has 0 aromatic heterocycles. The highest BCUT2D eigenvalue weighted by Gasteiger charge is 2.30. The highest BCUT2D eigenvalue weighted by Crippen LogP contribution is 2.19. The van der Waals surface area contributed by atoms with Crippen LogP contribution in [0.1, 0.15) is 19.8 Å². The number of halogens is 1. The highest BCUT2D eigenvalue weighted by molar-refractivity contribution is 5.82. The van der Waals surface area contributed by atoms with Gasteiger partial charge in [0.2, 0.25) is 0 Å². The van der Waals surface area contributed by atoms with Gasteiger partial charge in [0.05, 0.1) is 5.92 Å². The fourth-order valence-electron chi connectivity index (χ4n) is 2.40. The van der Waals surface area contributed by atoms with E-state index in [4.69, 9.17) is 9.84 Å². The van der Waals surface area contributed by atoms with Gasteiger partial charge < -0.3 is 14.7 Å². The monoisotopic (exact) mass is 295 g/mol. The molecule has 1 aromatic carbocycles. The molecule has 1 N–H and O–H groups in total. The van der Waals surface area contributed by atoms with E-state index < -0.39 is 18.0 Å². The van der Waals surface area contributed by atoms with E-state index in [9.17, 15) is 14.0 Å². The highest BCUT2D eigenvalue weighted by atomic mass is 19.1. The van der Waals surface area contributed by atoms with E-state index in [0.717, 1.165) is 0 Å². The molecule has 0 spiro atoms. The first kappa shape index (κ1) is 15.3. The molecule has 2 rings (SSSR count). The number of carboxylic acids is 1. The second-order valence-electron chi connectivity index (χ2n) is 5.18. The third-order valence-electron chi connectivity index (χ3n) is 3.56. The van der Waals surface area contributed by atoms with Gasteiger partial charge in [-0.3, -0.25) is 9.59 Å². The number of carbonyl (C=O) groups excluding carboxylic acids is 1. The molecule has 0 aliphatic carbocycles. The summed E-state index contributed by atoms with van der Waals surface area (Å²) in [5.74, 6) is -1.60. The van der Waals surface area contributed by atoms with Gasteiger partial charge in [-0.05, 0) is 44.0 Å². The first-order valence-corrected chi connectivity index (χ1v) is 6.91. The fraction of sp³-hybridized carbons (Fsp3) is 0.467. The van der Waals surface area contributed by atoms with Gasteiger partial charge in [0, 0.05) is 13.1 Å². The number of nitrogens with zero attached hydrogens (tertiary/aromatic N) is 1. The van der Waals surface area contributed by atoms with Crippen LogP contribution < -0.4 is 4.74 Å². The maximum Gasteiger partial charge on any atom is 0.308 e. The van der Waals surface area contributed by atoms with Crippen LogP contribution in [0.15, 0.2) is 24.3 Å². The molecule has 1 aliphatic heterocycles. The summed E-state index contributed by atoms with van der Waals surface area (Å²) in [6, 6.07) is 5.42. The second kappa shape index (κ2) is 6.56. The number of rotatable bonds is 4. The van der Waals surface area contributed by atoms with Crippen molar-refractivity contribution in [2.24, 2.45) is 5.92 Å². The van der Waals surface area contributed by atoms with Crippen molar-refractivity contribution >= 4 is 11.9 Å². The molecule has 5 nitrogen and oxygen atoms in total. The maximum atomic E-state index is 12.8. The lowest BCUT2D eigenvalue weighted by Crippen LogP contribution is -2.47. The number of hydrogen-bond acceptors (Lipinski definition) is 3. The molecule has 2 atom stereocenters. The van der Waals surface area contributed by atoms with Crippen molar-refractivity contribution in [2.45, 2.75) is 25.9 Å². The lowest BCUT2D eigenvalue weighted by molar-refractivity contribution is -0.147. The smallest absolute Gasteiger partial charge is 0.308 e. The zero-order valence-electron chi connectivity index (χ0n) is 11.8. The number of hydrogen-bond donors (Lipinski definition) is 1. The van der Waals surface area contributed by atoms with Crippen molar-refractivity contribution in [2.75, 3.05) is 13.1 Å². The Kier molecular flexibility index (Phi) is 4.77. The Labute approximate surface area is 122 Å². The van der Waals surface area contributed by atoms with E-state index in [2.05, 4.69) is 0 Å². The summed E-state index contributed by atoms with van der Waals surface area (Å²) in [7, 11) is 0. The topological polar surface area (TPSA) is 66.8 Å². The van der Waals surface area contributed by atoms with Crippen molar-refractivity contribution in [3.8, 4) is 5.75 Å². The van der Waals surface area contributed by atoms with Crippen molar-refractivity contribution < 1.29 is 23.8 Å². The summed E-state index contributed by atoms with van der Waals surface area (Å²) in [6.07, 6.45) is 0.529. The van der Waals surface area contributed by atoms with Crippen LogP contribution in [-0.2, 0) is 9.59 Å². The van der Waals surface area contributed by atoms with Gasteiger partial charge in [0.15, 0.2) is 6.10 Å². The van der Waals surface area contributed by atoms with Gasteiger partial charge in [-0.2, -0.15) is 0 Å². The molecule has 1 heterocycles. The molecule has 0 bridgehead atoms. The zero-order valence-corrected chi connectivity index (χ0v) is 11.8. The van der Waals surface area contributed by atoms with Crippen LogP contribution in [0.5, 0.6) is 5.75 Å². The van der Waals surface area contributed by atoms with Crippen molar-refractivity contribution in [3.63, 3.8) is 0 Å². The summed E-state index contributed by atoms with van der Waals surface area (Å²) >= 11 is 0. The molecule has 1 aromatic rings. The molecule has 1 aliphatic rings. The Morgan fingerprint density at radius 1 is 1.38 bits per heavy atom. The third-order valence-corrected chi connectivity index (χ3v) is 3.56. The molecular weight excluding hydrogens is 277 g/mol. The number of piperidine rings is 1. The largest absolute Gasteiger partial charge is 0.481 e. The zero-order chi connectivity index (χ0) is 15.4. The van der Waals surface area contributed by atoms with Crippen molar-refractivity contribution in [1.82, 2.24) is 4.90 Å². The number of amides is 1. The van der Waals surface area contributed by atoms with Gasteiger partial charge in [0.25, 0.3) is 5.91 Å². The van der Waals surface area contributed by atoms with Gasteiger partial charge in [-0.25, -0.2) is 4.39 Å². The Bertz CT molecular complexity index is 517. The van der Waals surface area contributed by atoms with E-state index in [1.807, 2.05) is 0 Å². The normalized spacial score (nSPS) is 19.9. The van der Waals surface area contributed by atoms with Crippen molar-refractivity contribution in [3.05, 3.63) is 30.1 Å². The standard InChI is InChI=1S/C15H18FNO4/c1-10(21-13-6-4-12(16)5-7-13)14(18)17-8-2-3-11(9-17)15(19)20/h4-7,10-11H,2-3,8-9H2,1H3,(H,19,20)/t10-,11-/m1/s1. The van der Waals surface area contributed by atoms with E-state index in [1.165, 1.54) is 29.2 Å². The quantitative estimate of drug-likeness (QED) is 0.921. The van der Waals surface area contributed by atoms with Gasteiger partial charge in [0.1, 0.15) is 11.6 Å². The summed E-state index contributed by atoms with van der Waals surface area (Å²) in [6.45, 7) is 2.36. The molecule has 1 amide bonds. The maximum absolute atomic E-state index is 12.8. The van der Waals surface area contributed by atoms with Crippen molar-refractivity contribution in [1.29, 1.82) is 0 Å². The first-order valence-electron chi connectivity index (χ1n) is 6.91. The molecule has 0 unspecified atom stereocenters. The van der Waals surface area contributed by atoms with Crippen LogP contribution in [0.3, 0.4) is 0 Å². The number of ether oxygens (including phenoxy) is 1. The summed E-state index contributed by atoms with van der Waals surface area (Å²) in [5.41, 5.74) is 0. The molecule has 0 saturated carbocycles. The lowest BCUT2D eigenvalue weighted by Gasteiger charge is -2.32. The predicted molar refractivity (Wildman–Crippen MR) is 73.4 cm³/mol. The molecule has 1 saturated heterocycles. The number of likely N-dealkylation sites (tertiary alicyclic amines) is 1.